The van der Waals surface area contributed by atoms with Crippen LogP contribution in [0, 0.1) is 0 Å². The molecule has 8 nitrogen and oxygen atoms in total. The van der Waals surface area contributed by atoms with E-state index in [1.54, 1.807) is 31.3 Å². The number of halogens is 3. The van der Waals surface area contributed by atoms with E-state index < -0.39 is 23.9 Å². The van der Waals surface area contributed by atoms with Gasteiger partial charge in [-0.1, -0.05) is 18.2 Å². The van der Waals surface area contributed by atoms with E-state index in [1.165, 1.54) is 9.58 Å². The summed E-state index contributed by atoms with van der Waals surface area (Å²) in [5.74, 6) is -0.670. The van der Waals surface area contributed by atoms with Crippen LogP contribution in [0.25, 0.3) is 0 Å². The van der Waals surface area contributed by atoms with E-state index in [1.807, 2.05) is 18.2 Å². The Balaban J connectivity index is 1.46. The number of carbonyl (C=O) groups excluding carboxylic acids is 1. The SMILES string of the molecule is CC1c2nnc(C(F)(F)F)n2CCN1C(=O)c1ccn(COc2ccccc2)n1. The molecule has 3 heterocycles. The lowest BCUT2D eigenvalue weighted by Gasteiger charge is -2.33. The van der Waals surface area contributed by atoms with Gasteiger partial charge in [-0.3, -0.25) is 4.79 Å². The first-order valence-corrected chi connectivity index (χ1v) is 8.87. The van der Waals surface area contributed by atoms with Gasteiger partial charge in [-0.2, -0.15) is 18.3 Å². The third kappa shape index (κ3) is 3.67. The molecule has 29 heavy (non-hydrogen) atoms. The van der Waals surface area contributed by atoms with Crippen LogP contribution in [0.3, 0.4) is 0 Å². The van der Waals surface area contributed by atoms with Gasteiger partial charge in [-0.05, 0) is 25.1 Å². The number of benzene rings is 1. The Morgan fingerprint density at radius 2 is 1.93 bits per heavy atom. The molecule has 11 heteroatoms. The van der Waals surface area contributed by atoms with Crippen LogP contribution >= 0.6 is 0 Å². The molecule has 0 saturated carbocycles. The molecule has 1 aromatic carbocycles. The molecule has 2 aromatic heterocycles. The standard InChI is InChI=1S/C18H17F3N6O2/c1-12-15-22-23-17(18(19,20)21)27(15)10-9-26(12)16(28)14-7-8-25(24-14)11-29-13-5-3-2-4-6-13/h2-8,12H,9-11H2,1H3. The maximum atomic E-state index is 13.0. The van der Waals surface area contributed by atoms with Crippen molar-refractivity contribution in [2.24, 2.45) is 0 Å². The Bertz CT molecular complexity index is 1010. The zero-order valence-corrected chi connectivity index (χ0v) is 15.4. The van der Waals surface area contributed by atoms with Crippen LogP contribution in [0.4, 0.5) is 13.2 Å². The number of amides is 1. The van der Waals surface area contributed by atoms with E-state index >= 15 is 0 Å². The minimum atomic E-state index is -4.59. The minimum absolute atomic E-state index is 0.0366. The number of nitrogens with zero attached hydrogens (tertiary/aromatic N) is 6. The molecule has 1 amide bonds. The van der Waals surface area contributed by atoms with Crippen molar-refractivity contribution in [3.8, 4) is 5.75 Å². The second-order valence-electron chi connectivity index (χ2n) is 6.53. The Labute approximate surface area is 163 Å². The van der Waals surface area contributed by atoms with Crippen molar-refractivity contribution >= 4 is 5.91 Å². The average molecular weight is 406 g/mol. The van der Waals surface area contributed by atoms with Crippen LogP contribution < -0.4 is 4.74 Å². The van der Waals surface area contributed by atoms with Gasteiger partial charge in [0, 0.05) is 19.3 Å². The van der Waals surface area contributed by atoms with Crippen molar-refractivity contribution in [2.75, 3.05) is 6.54 Å². The topological polar surface area (TPSA) is 78.1 Å². The summed E-state index contributed by atoms with van der Waals surface area (Å²) >= 11 is 0. The highest BCUT2D eigenvalue weighted by Gasteiger charge is 2.42. The highest BCUT2D eigenvalue weighted by atomic mass is 19.4. The van der Waals surface area contributed by atoms with Crippen LogP contribution in [0.5, 0.6) is 5.75 Å². The van der Waals surface area contributed by atoms with Gasteiger partial charge in [0.05, 0.1) is 6.04 Å². The molecule has 0 radical (unpaired) electrons. The van der Waals surface area contributed by atoms with E-state index in [9.17, 15) is 18.0 Å². The lowest BCUT2D eigenvalue weighted by Crippen LogP contribution is -2.42. The van der Waals surface area contributed by atoms with Gasteiger partial charge >= 0.3 is 6.18 Å². The number of rotatable bonds is 4. The summed E-state index contributed by atoms with van der Waals surface area (Å²) in [6.07, 6.45) is -2.98. The zero-order valence-electron chi connectivity index (χ0n) is 15.4. The first-order valence-electron chi connectivity index (χ1n) is 8.87. The van der Waals surface area contributed by atoms with E-state index in [-0.39, 0.29) is 31.3 Å². The summed E-state index contributed by atoms with van der Waals surface area (Å²) in [6, 6.07) is 10.0. The molecule has 3 aromatic rings. The monoisotopic (exact) mass is 406 g/mol. The van der Waals surface area contributed by atoms with Crippen LogP contribution in [0.15, 0.2) is 42.6 Å². The molecule has 0 aliphatic carbocycles. The fourth-order valence-corrected chi connectivity index (χ4v) is 3.22. The van der Waals surface area contributed by atoms with E-state index in [0.717, 1.165) is 4.57 Å². The van der Waals surface area contributed by atoms with Crippen molar-refractivity contribution in [3.63, 3.8) is 0 Å². The summed E-state index contributed by atoms with van der Waals surface area (Å²) in [7, 11) is 0. The van der Waals surface area contributed by atoms with E-state index in [2.05, 4.69) is 15.3 Å². The Morgan fingerprint density at radius 1 is 1.17 bits per heavy atom. The molecule has 0 bridgehead atoms. The second-order valence-corrected chi connectivity index (χ2v) is 6.53. The third-order valence-electron chi connectivity index (χ3n) is 4.67. The van der Waals surface area contributed by atoms with Gasteiger partial charge in [0.1, 0.15) is 5.75 Å². The molecule has 152 valence electrons. The van der Waals surface area contributed by atoms with Crippen molar-refractivity contribution in [1.82, 2.24) is 29.4 Å². The van der Waals surface area contributed by atoms with Gasteiger partial charge < -0.3 is 14.2 Å². The molecule has 0 saturated heterocycles. The van der Waals surface area contributed by atoms with E-state index in [4.69, 9.17) is 4.74 Å². The summed E-state index contributed by atoms with van der Waals surface area (Å²) in [4.78, 5) is 14.3. The van der Waals surface area contributed by atoms with Gasteiger partial charge in [-0.15, -0.1) is 10.2 Å². The minimum Gasteiger partial charge on any atom is -0.471 e. The van der Waals surface area contributed by atoms with Gasteiger partial charge in [0.2, 0.25) is 5.82 Å². The summed E-state index contributed by atoms with van der Waals surface area (Å²) in [6.45, 7) is 1.80. The predicted octanol–water partition coefficient (Wildman–Crippen LogP) is 2.75. The molecule has 4 rings (SSSR count). The Morgan fingerprint density at radius 3 is 2.66 bits per heavy atom. The normalized spacial score (nSPS) is 16.6. The summed E-state index contributed by atoms with van der Waals surface area (Å²) in [5.41, 5.74) is 0.178. The Kier molecular flexibility index (Phi) is 4.73. The van der Waals surface area contributed by atoms with Crippen LogP contribution in [0.2, 0.25) is 0 Å². The van der Waals surface area contributed by atoms with Crippen molar-refractivity contribution < 1.29 is 22.7 Å². The molecule has 1 atom stereocenters. The number of hydrogen-bond acceptors (Lipinski definition) is 5. The summed E-state index contributed by atoms with van der Waals surface area (Å²) < 4.78 is 47.1. The van der Waals surface area contributed by atoms with E-state index in [0.29, 0.717) is 5.75 Å². The number of alkyl halides is 3. The number of ether oxygens (including phenoxy) is 1. The van der Waals surface area contributed by atoms with Crippen LogP contribution in [-0.4, -0.2) is 41.9 Å². The fraction of sp³-hybridized carbons (Fsp3) is 0.333. The van der Waals surface area contributed by atoms with Crippen molar-refractivity contribution in [1.29, 1.82) is 0 Å². The van der Waals surface area contributed by atoms with Crippen molar-refractivity contribution in [2.45, 2.75) is 32.4 Å². The molecular weight excluding hydrogens is 389 g/mol. The molecule has 1 aliphatic heterocycles. The molecular formula is C18H17F3N6O2. The molecule has 0 N–H and O–H groups in total. The number of carbonyl (C=O) groups is 1. The van der Waals surface area contributed by atoms with Crippen LogP contribution in [0.1, 0.15) is 35.1 Å². The molecule has 0 fully saturated rings. The Hall–Kier alpha value is -3.37. The van der Waals surface area contributed by atoms with Gasteiger partial charge in [0.25, 0.3) is 5.91 Å². The highest BCUT2D eigenvalue weighted by Crippen LogP contribution is 2.33. The number of aromatic nitrogens is 5. The molecule has 1 aliphatic rings. The first-order chi connectivity index (χ1) is 13.8. The number of hydrogen-bond donors (Lipinski definition) is 0. The lowest BCUT2D eigenvalue weighted by atomic mass is 10.2. The molecule has 0 spiro atoms. The van der Waals surface area contributed by atoms with Gasteiger partial charge in [0.15, 0.2) is 18.2 Å². The van der Waals surface area contributed by atoms with Crippen LogP contribution in [-0.2, 0) is 19.5 Å². The fourth-order valence-electron chi connectivity index (χ4n) is 3.22. The average Bonchev–Trinajstić information content (AvgIpc) is 3.34. The maximum absolute atomic E-state index is 13.0. The zero-order chi connectivity index (χ0) is 20.6. The summed E-state index contributed by atoms with van der Waals surface area (Å²) in [5, 5.41) is 11.1. The van der Waals surface area contributed by atoms with Gasteiger partial charge in [-0.25, -0.2) is 4.68 Å². The smallest absolute Gasteiger partial charge is 0.451 e. The predicted molar refractivity (Wildman–Crippen MR) is 93.8 cm³/mol. The number of fused-ring (bicyclic) bond motifs is 1. The molecule has 1 unspecified atom stereocenters. The lowest BCUT2D eigenvalue weighted by molar-refractivity contribution is -0.148. The third-order valence-corrected chi connectivity index (χ3v) is 4.67. The first kappa shape index (κ1) is 19.0. The quantitative estimate of drug-likeness (QED) is 0.666. The van der Waals surface area contributed by atoms with Crippen molar-refractivity contribution in [3.05, 3.63) is 59.9 Å². The number of para-hydroxylation sites is 1. The highest BCUT2D eigenvalue weighted by molar-refractivity contribution is 5.92. The maximum Gasteiger partial charge on any atom is 0.451 e. The second kappa shape index (κ2) is 7.22. The largest absolute Gasteiger partial charge is 0.471 e.